The first-order chi connectivity index (χ1) is 58.0. The molecule has 0 aliphatic carbocycles. The molecule has 0 saturated carbocycles. The van der Waals surface area contributed by atoms with Crippen LogP contribution in [-0.2, 0) is 6.18 Å². The minimum atomic E-state index is -5.02. The van der Waals surface area contributed by atoms with Crippen molar-refractivity contribution in [2.75, 3.05) is 0 Å². The van der Waals surface area contributed by atoms with Crippen LogP contribution in [0.25, 0.3) is 208 Å². The Kier molecular flexibility index (Phi) is 17.7. The van der Waals surface area contributed by atoms with Gasteiger partial charge in [-0.3, -0.25) is 0 Å². The van der Waals surface area contributed by atoms with Gasteiger partial charge < -0.3 is 9.13 Å². The first kappa shape index (κ1) is 70.6. The minimum Gasteiger partial charge on any atom is -0.307 e. The number of fused-ring (bicyclic) bond motifs is 6. The standard InChI is InChI=1S/C99H57F3N16/c1-104-79-44-26-43-78(99(100,101)102)86(79)77-58-85(118-82-55-70(97-113-91(64-35-18-6-19-36-64)107-92(114-97)65-37-20-7-21-38-65)47-51-75(82)76-52-48-71(56-83(76)118)98-115-93(66-39-22-8-23-40-66)108-94(116-98)67-41-24-9-25-42-67)84(57-72(77)59-103)117-80-53-68(95-109-87(60-27-10-2-11-28-60)105-88(110-95)61-29-12-3-13-30-61)45-49-73(80)74-50-46-69(54-81(74)117)96-111-89(62-31-14-4-15-32-62)106-90(112-96)63-33-16-5-17-34-63/h2-58H. The van der Waals surface area contributed by atoms with Gasteiger partial charge in [0, 0.05) is 93.9 Å². The van der Waals surface area contributed by atoms with Crippen LogP contribution in [0.1, 0.15) is 11.1 Å². The van der Waals surface area contributed by atoms with E-state index in [9.17, 15) is 5.26 Å². The largest absolute Gasteiger partial charge is 0.415 e. The molecule has 0 N–H and O–H groups in total. The second-order valence-corrected chi connectivity index (χ2v) is 28.1. The second-order valence-electron chi connectivity index (χ2n) is 28.1. The summed E-state index contributed by atoms with van der Waals surface area (Å²) in [6.07, 6.45) is -5.02. The molecule has 20 aromatic rings. The quantitative estimate of drug-likeness (QED) is 0.0881. The number of hydrogen-bond acceptors (Lipinski definition) is 13. The summed E-state index contributed by atoms with van der Waals surface area (Å²) in [7, 11) is 0. The molecule has 19 heteroatoms. The minimum absolute atomic E-state index is 0.168. The van der Waals surface area contributed by atoms with Crippen LogP contribution in [-0.4, -0.2) is 68.9 Å². The molecule has 0 saturated heterocycles. The zero-order valence-corrected chi connectivity index (χ0v) is 62.2. The fourth-order valence-corrected chi connectivity index (χ4v) is 15.3. The molecule has 0 amide bonds. The number of aromatic nitrogens is 14. The summed E-state index contributed by atoms with van der Waals surface area (Å²) in [5.74, 6) is 4.63. The molecule has 0 spiro atoms. The number of benzene rings is 14. The van der Waals surface area contributed by atoms with E-state index in [4.69, 9.17) is 66.4 Å². The fourth-order valence-electron chi connectivity index (χ4n) is 15.3. The maximum atomic E-state index is 16.3. The van der Waals surface area contributed by atoms with E-state index >= 15 is 13.2 Å². The summed E-state index contributed by atoms with van der Waals surface area (Å²) in [4.78, 5) is 65.9. The maximum Gasteiger partial charge on any atom is 0.415 e. The summed E-state index contributed by atoms with van der Waals surface area (Å²) in [6, 6.07) is 110. The van der Waals surface area contributed by atoms with Gasteiger partial charge in [-0.2, -0.15) is 18.4 Å². The van der Waals surface area contributed by atoms with E-state index in [0.29, 0.717) is 131 Å². The number of nitrogens with zero attached hydrogens (tertiary/aromatic N) is 16. The highest BCUT2D eigenvalue weighted by Crippen LogP contribution is 2.49. The third kappa shape index (κ3) is 13.1. The molecule has 0 bridgehead atoms. The van der Waals surface area contributed by atoms with Crippen molar-refractivity contribution >= 4 is 49.3 Å². The van der Waals surface area contributed by atoms with E-state index in [0.717, 1.165) is 61.3 Å². The SMILES string of the molecule is [C-]#[N+]c1cccc(C(F)(F)F)c1-c1cc(-n2c3cc(-c4nc(-c5ccccc5)nc(-c5ccccc5)n4)ccc3c3ccc(-c4nc(-c5ccccc5)nc(-c5ccccc5)n4)cc32)c(-n2c3cc(-c4nc(-c5ccccc5)nc(-c5ccccc5)n4)ccc3c3ccc(-c4nc(-c5ccccc5)nc(-c5ccccc5)n4)cc32)cc1C#N. The molecule has 20 rings (SSSR count). The fraction of sp³-hybridized carbons (Fsp3) is 0.0101. The average Bonchev–Trinajstić information content (AvgIpc) is 1.07. The van der Waals surface area contributed by atoms with Gasteiger partial charge in [0.1, 0.15) is 0 Å². The van der Waals surface area contributed by atoms with Gasteiger partial charge in [0.25, 0.3) is 0 Å². The van der Waals surface area contributed by atoms with Gasteiger partial charge in [-0.15, -0.1) is 0 Å². The summed E-state index contributed by atoms with van der Waals surface area (Å²) in [5.41, 5.74) is 8.71. The summed E-state index contributed by atoms with van der Waals surface area (Å²) < 4.78 is 52.8. The van der Waals surface area contributed by atoms with Crippen LogP contribution in [0.3, 0.4) is 0 Å². The number of rotatable bonds is 15. The van der Waals surface area contributed by atoms with Crippen LogP contribution in [0.2, 0.25) is 0 Å². The van der Waals surface area contributed by atoms with Crippen molar-refractivity contribution in [1.29, 1.82) is 5.26 Å². The number of hydrogen-bond donors (Lipinski definition) is 0. The number of nitriles is 1. The molecule has 0 radical (unpaired) electrons. The van der Waals surface area contributed by atoms with Crippen molar-refractivity contribution in [3.63, 3.8) is 0 Å². The number of halogens is 3. The Morgan fingerprint density at radius 3 is 0.712 bits per heavy atom. The lowest BCUT2D eigenvalue weighted by Crippen LogP contribution is -2.09. The lowest BCUT2D eigenvalue weighted by molar-refractivity contribution is -0.137. The van der Waals surface area contributed by atoms with Crippen LogP contribution < -0.4 is 0 Å². The highest BCUT2D eigenvalue weighted by Gasteiger charge is 2.36. The summed E-state index contributed by atoms with van der Waals surface area (Å²) in [6.45, 7) is 8.63. The Morgan fingerprint density at radius 2 is 0.492 bits per heavy atom. The van der Waals surface area contributed by atoms with Crippen LogP contribution in [0.15, 0.2) is 346 Å². The van der Waals surface area contributed by atoms with Crippen molar-refractivity contribution in [1.82, 2.24) is 68.9 Å². The Bertz CT molecular complexity index is 6810. The molecule has 118 heavy (non-hydrogen) atoms. The van der Waals surface area contributed by atoms with Gasteiger partial charge in [-0.25, -0.2) is 64.7 Å². The Hall–Kier alpha value is -16.5. The van der Waals surface area contributed by atoms with E-state index in [1.165, 1.54) is 12.1 Å². The Balaban J connectivity index is 0.936. The maximum absolute atomic E-state index is 16.3. The topological polar surface area (TPSA) is 193 Å². The highest BCUT2D eigenvalue weighted by atomic mass is 19.4. The molecule has 14 aromatic carbocycles. The molecule has 16 nitrogen and oxygen atoms in total. The summed E-state index contributed by atoms with van der Waals surface area (Å²) in [5, 5.41) is 14.9. The molecular formula is C99H57F3N16. The molecule has 554 valence electrons. The predicted molar refractivity (Wildman–Crippen MR) is 455 cm³/mol. The molecule has 0 unspecified atom stereocenters. The average molecular weight is 1530 g/mol. The van der Waals surface area contributed by atoms with E-state index in [1.807, 2.05) is 325 Å². The van der Waals surface area contributed by atoms with Crippen LogP contribution in [0, 0.1) is 17.9 Å². The van der Waals surface area contributed by atoms with Crippen molar-refractivity contribution in [3.8, 4) is 165 Å². The molecule has 0 fully saturated rings. The highest BCUT2D eigenvalue weighted by molar-refractivity contribution is 6.14. The third-order valence-electron chi connectivity index (χ3n) is 20.8. The van der Waals surface area contributed by atoms with Crippen molar-refractivity contribution in [2.45, 2.75) is 6.18 Å². The van der Waals surface area contributed by atoms with Gasteiger partial charge in [0.15, 0.2) is 75.6 Å². The molecular weight excluding hydrogens is 1470 g/mol. The molecule has 0 aliphatic heterocycles. The Morgan fingerprint density at radius 1 is 0.263 bits per heavy atom. The third-order valence-corrected chi connectivity index (χ3v) is 20.8. The number of alkyl halides is 3. The summed E-state index contributed by atoms with van der Waals surface area (Å²) >= 11 is 0. The van der Waals surface area contributed by atoms with Crippen LogP contribution in [0.4, 0.5) is 18.9 Å². The van der Waals surface area contributed by atoms with Gasteiger partial charge in [-0.05, 0) is 42.0 Å². The first-order valence-electron chi connectivity index (χ1n) is 37.8. The Labute approximate surface area is 672 Å². The predicted octanol–water partition coefficient (Wildman–Crippen LogP) is 23.7. The zero-order valence-electron chi connectivity index (χ0n) is 62.2. The van der Waals surface area contributed by atoms with Gasteiger partial charge in [-0.1, -0.05) is 309 Å². The molecule has 0 aliphatic rings. The van der Waals surface area contributed by atoms with Crippen molar-refractivity contribution in [2.24, 2.45) is 0 Å². The molecule has 0 atom stereocenters. The van der Waals surface area contributed by atoms with Gasteiger partial charge >= 0.3 is 6.18 Å². The van der Waals surface area contributed by atoms with E-state index in [1.54, 1.807) is 12.1 Å². The van der Waals surface area contributed by atoms with Gasteiger partial charge in [0.05, 0.1) is 57.2 Å². The van der Waals surface area contributed by atoms with Crippen molar-refractivity contribution < 1.29 is 13.2 Å². The van der Waals surface area contributed by atoms with E-state index < -0.39 is 17.3 Å². The van der Waals surface area contributed by atoms with E-state index in [2.05, 4.69) is 10.9 Å². The van der Waals surface area contributed by atoms with Crippen LogP contribution in [0.5, 0.6) is 0 Å². The van der Waals surface area contributed by atoms with Crippen LogP contribution >= 0.6 is 0 Å². The van der Waals surface area contributed by atoms with E-state index in [-0.39, 0.29) is 22.5 Å². The lowest BCUT2D eigenvalue weighted by Gasteiger charge is -2.22. The normalized spacial score (nSPS) is 11.5. The zero-order chi connectivity index (χ0) is 79.4. The molecule has 6 aromatic heterocycles. The molecule has 6 heterocycles. The van der Waals surface area contributed by atoms with Crippen molar-refractivity contribution in [3.05, 3.63) is 368 Å². The first-order valence-corrected chi connectivity index (χ1v) is 37.8. The monoisotopic (exact) mass is 1530 g/mol. The van der Waals surface area contributed by atoms with Gasteiger partial charge in [0.2, 0.25) is 0 Å². The lowest BCUT2D eigenvalue weighted by atomic mass is 9.92. The second kappa shape index (κ2) is 29.5. The smallest absolute Gasteiger partial charge is 0.307 e.